The number of benzene rings is 1. The van der Waals surface area contributed by atoms with Crippen molar-refractivity contribution in [3.05, 3.63) is 53.5 Å². The zero-order valence-electron chi connectivity index (χ0n) is 13.5. The van der Waals surface area contributed by atoms with Gasteiger partial charge in [-0.15, -0.1) is 0 Å². The number of rotatable bonds is 3. The molecule has 0 saturated carbocycles. The molecular weight excluding hydrogens is 309 g/mol. The molecule has 1 saturated heterocycles. The van der Waals surface area contributed by atoms with Crippen LogP contribution in [0.2, 0.25) is 0 Å². The summed E-state index contributed by atoms with van der Waals surface area (Å²) in [6.45, 7) is 3.54. The molecule has 1 aromatic heterocycles. The van der Waals surface area contributed by atoms with Gasteiger partial charge in [0, 0.05) is 30.9 Å². The van der Waals surface area contributed by atoms with E-state index in [1.165, 1.54) is 12.1 Å². The number of carbonyl (C=O) groups is 1. The Balaban J connectivity index is 1.58. The minimum absolute atomic E-state index is 0.00626. The Kier molecular flexibility index (Phi) is 4.64. The third-order valence-corrected chi connectivity index (χ3v) is 4.23. The average molecular weight is 329 g/mol. The number of phenolic OH excluding ortho intramolecular Hbond substituents is 1. The number of halogens is 1. The van der Waals surface area contributed by atoms with Gasteiger partial charge in [0.2, 0.25) is 0 Å². The molecule has 24 heavy (non-hydrogen) atoms. The summed E-state index contributed by atoms with van der Waals surface area (Å²) in [7, 11) is 0. The summed E-state index contributed by atoms with van der Waals surface area (Å²) < 4.78 is 13.7. The highest BCUT2D eigenvalue weighted by atomic mass is 19.1. The molecule has 1 amide bonds. The predicted molar refractivity (Wildman–Crippen MR) is 89.7 cm³/mol. The van der Waals surface area contributed by atoms with E-state index in [-0.39, 0.29) is 17.4 Å². The number of piperidine rings is 1. The van der Waals surface area contributed by atoms with Crippen molar-refractivity contribution in [3.63, 3.8) is 0 Å². The quantitative estimate of drug-likeness (QED) is 0.908. The number of phenols is 1. The standard InChI is InChI=1S/C18H20FN3O2/c1-12-3-2-4-17(20-12)22-9-7-13(8-10-22)21-18(24)15-6-5-14(23)11-16(15)19/h2-6,11,13,23H,7-10H2,1H3,(H,21,24). The van der Waals surface area contributed by atoms with Gasteiger partial charge in [0.1, 0.15) is 17.4 Å². The maximum Gasteiger partial charge on any atom is 0.254 e. The van der Waals surface area contributed by atoms with E-state index in [4.69, 9.17) is 0 Å². The monoisotopic (exact) mass is 329 g/mol. The molecule has 0 aliphatic carbocycles. The van der Waals surface area contributed by atoms with Crippen LogP contribution in [0, 0.1) is 12.7 Å². The van der Waals surface area contributed by atoms with Gasteiger partial charge < -0.3 is 15.3 Å². The summed E-state index contributed by atoms with van der Waals surface area (Å²) in [4.78, 5) is 18.9. The number of carbonyl (C=O) groups excluding carboxylic acids is 1. The van der Waals surface area contributed by atoms with Crippen LogP contribution in [0.4, 0.5) is 10.2 Å². The molecular formula is C18H20FN3O2. The van der Waals surface area contributed by atoms with Gasteiger partial charge in [-0.1, -0.05) is 6.07 Å². The molecule has 0 radical (unpaired) electrons. The lowest BCUT2D eigenvalue weighted by atomic mass is 10.0. The number of nitrogens with zero attached hydrogens (tertiary/aromatic N) is 2. The molecule has 6 heteroatoms. The third kappa shape index (κ3) is 3.64. The van der Waals surface area contributed by atoms with Gasteiger partial charge in [0.05, 0.1) is 5.56 Å². The zero-order valence-corrected chi connectivity index (χ0v) is 13.5. The second-order valence-corrected chi connectivity index (χ2v) is 6.04. The minimum atomic E-state index is -0.714. The summed E-state index contributed by atoms with van der Waals surface area (Å²) in [6.07, 6.45) is 1.56. The number of amides is 1. The first kappa shape index (κ1) is 16.2. The summed E-state index contributed by atoms with van der Waals surface area (Å²) >= 11 is 0. The molecule has 0 bridgehead atoms. The maximum absolute atomic E-state index is 13.7. The normalized spacial score (nSPS) is 15.3. The second kappa shape index (κ2) is 6.86. The molecule has 3 rings (SSSR count). The molecule has 2 heterocycles. The van der Waals surface area contributed by atoms with E-state index >= 15 is 0 Å². The van der Waals surface area contributed by atoms with Crippen LogP contribution >= 0.6 is 0 Å². The van der Waals surface area contributed by atoms with E-state index in [0.717, 1.165) is 43.5 Å². The molecule has 126 valence electrons. The molecule has 1 aliphatic heterocycles. The Labute approximate surface area is 140 Å². The van der Waals surface area contributed by atoms with Gasteiger partial charge in [-0.25, -0.2) is 9.37 Å². The highest BCUT2D eigenvalue weighted by molar-refractivity contribution is 5.94. The number of anilines is 1. The van der Waals surface area contributed by atoms with Crippen molar-refractivity contribution in [1.29, 1.82) is 0 Å². The summed E-state index contributed by atoms with van der Waals surface area (Å²) in [5.74, 6) is -0.402. The minimum Gasteiger partial charge on any atom is -0.508 e. The van der Waals surface area contributed by atoms with E-state index in [1.807, 2.05) is 25.1 Å². The lowest BCUT2D eigenvalue weighted by Crippen LogP contribution is -2.45. The van der Waals surface area contributed by atoms with Crippen molar-refractivity contribution in [3.8, 4) is 5.75 Å². The molecule has 1 fully saturated rings. The Morgan fingerprint density at radius 2 is 2.04 bits per heavy atom. The van der Waals surface area contributed by atoms with Crippen molar-refractivity contribution < 1.29 is 14.3 Å². The fraction of sp³-hybridized carbons (Fsp3) is 0.333. The molecule has 2 N–H and O–H groups in total. The SMILES string of the molecule is Cc1cccc(N2CCC(NC(=O)c3ccc(O)cc3F)CC2)n1. The first-order valence-corrected chi connectivity index (χ1v) is 8.01. The van der Waals surface area contributed by atoms with Crippen LogP contribution in [0.15, 0.2) is 36.4 Å². The lowest BCUT2D eigenvalue weighted by molar-refractivity contribution is 0.0927. The van der Waals surface area contributed by atoms with E-state index < -0.39 is 11.7 Å². The number of pyridine rings is 1. The number of aromatic nitrogens is 1. The number of aryl methyl sites for hydroxylation is 1. The Hall–Kier alpha value is -2.63. The van der Waals surface area contributed by atoms with Gasteiger partial charge >= 0.3 is 0 Å². The molecule has 0 atom stereocenters. The number of hydrogen-bond acceptors (Lipinski definition) is 4. The first-order chi connectivity index (χ1) is 11.5. The van der Waals surface area contributed by atoms with Crippen LogP contribution in [-0.2, 0) is 0 Å². The zero-order chi connectivity index (χ0) is 17.1. The highest BCUT2D eigenvalue weighted by Crippen LogP contribution is 2.19. The molecule has 0 spiro atoms. The summed E-state index contributed by atoms with van der Waals surface area (Å²) in [5.41, 5.74) is 0.932. The fourth-order valence-corrected chi connectivity index (χ4v) is 2.91. The summed E-state index contributed by atoms with van der Waals surface area (Å²) in [5, 5.41) is 12.1. The molecule has 2 aromatic rings. The molecule has 5 nitrogen and oxygen atoms in total. The van der Waals surface area contributed by atoms with Crippen molar-refractivity contribution in [1.82, 2.24) is 10.3 Å². The van der Waals surface area contributed by atoms with Crippen molar-refractivity contribution in [2.24, 2.45) is 0 Å². The van der Waals surface area contributed by atoms with Crippen LogP contribution in [0.25, 0.3) is 0 Å². The second-order valence-electron chi connectivity index (χ2n) is 6.04. The highest BCUT2D eigenvalue weighted by Gasteiger charge is 2.23. The maximum atomic E-state index is 13.7. The van der Waals surface area contributed by atoms with Gasteiger partial charge in [0.25, 0.3) is 5.91 Å². The van der Waals surface area contributed by atoms with Crippen molar-refractivity contribution >= 4 is 11.7 Å². The first-order valence-electron chi connectivity index (χ1n) is 8.01. The molecule has 1 aromatic carbocycles. The van der Waals surface area contributed by atoms with Crippen molar-refractivity contribution in [2.45, 2.75) is 25.8 Å². The average Bonchev–Trinajstić information content (AvgIpc) is 2.55. The van der Waals surface area contributed by atoms with E-state index in [0.29, 0.717) is 0 Å². The van der Waals surface area contributed by atoms with Crippen LogP contribution in [-0.4, -0.2) is 35.1 Å². The lowest BCUT2D eigenvalue weighted by Gasteiger charge is -2.33. The van der Waals surface area contributed by atoms with Crippen LogP contribution in [0.3, 0.4) is 0 Å². The Morgan fingerprint density at radius 1 is 1.29 bits per heavy atom. The van der Waals surface area contributed by atoms with Crippen LogP contribution in [0.5, 0.6) is 5.75 Å². The van der Waals surface area contributed by atoms with E-state index in [2.05, 4.69) is 15.2 Å². The number of aromatic hydroxyl groups is 1. The van der Waals surface area contributed by atoms with Crippen molar-refractivity contribution in [2.75, 3.05) is 18.0 Å². The molecule has 1 aliphatic rings. The Morgan fingerprint density at radius 3 is 2.71 bits per heavy atom. The third-order valence-electron chi connectivity index (χ3n) is 4.23. The van der Waals surface area contributed by atoms with E-state index in [9.17, 15) is 14.3 Å². The fourth-order valence-electron chi connectivity index (χ4n) is 2.91. The topological polar surface area (TPSA) is 65.5 Å². The van der Waals surface area contributed by atoms with Gasteiger partial charge in [-0.3, -0.25) is 4.79 Å². The smallest absolute Gasteiger partial charge is 0.254 e. The van der Waals surface area contributed by atoms with Crippen LogP contribution in [0.1, 0.15) is 28.9 Å². The number of nitrogens with one attached hydrogen (secondary N) is 1. The largest absolute Gasteiger partial charge is 0.508 e. The Bertz CT molecular complexity index is 743. The van der Waals surface area contributed by atoms with Gasteiger partial charge in [-0.05, 0) is 44.0 Å². The molecule has 0 unspecified atom stereocenters. The summed E-state index contributed by atoms with van der Waals surface area (Å²) in [6, 6.07) is 9.49. The number of hydrogen-bond donors (Lipinski definition) is 2. The van der Waals surface area contributed by atoms with Crippen LogP contribution < -0.4 is 10.2 Å². The van der Waals surface area contributed by atoms with Gasteiger partial charge in [0.15, 0.2) is 0 Å². The van der Waals surface area contributed by atoms with Gasteiger partial charge in [-0.2, -0.15) is 0 Å². The predicted octanol–water partition coefficient (Wildman–Crippen LogP) is 2.63. The van der Waals surface area contributed by atoms with E-state index in [1.54, 1.807) is 0 Å².